The molecule has 482 valence electrons. The van der Waals surface area contributed by atoms with Crippen molar-refractivity contribution in [1.29, 1.82) is 0 Å². The standard InChI is InChI=1S/C37H37F2N3O5.C36H35F2N3O5/c1-45-32-9-7-28-30(10-13-40-35(28)36(32)42-22-26(23-42)21-41-14-16-46-17-15-41)47-31-8-4-25(18-29(31)39)20-34(44)37(11-12-37)33(43)19-24-2-5-27(38)6-3-24;1-44-33-19-27-29(20-30(33)41-21-26(22-41)40-12-14-45-15-13-40)39-11-8-31(27)46-32-7-4-24(16-28(32)38)18-35(43)36(9-10-36)34(42)17-23-2-5-25(37)6-3-23/h2-10,13,18,26H,11-12,14-17,19-23H2,1H3;2-8,11,16,19-20,26H,9-10,12-15,17-18,21-22H2,1H3. The molecule has 8 aromatic rings. The van der Waals surface area contributed by atoms with E-state index in [1.165, 1.54) is 48.5 Å². The number of aromatic nitrogens is 2. The number of halogens is 4. The second-order valence-electron chi connectivity index (χ2n) is 25.1. The Bertz CT molecular complexity index is 4110. The molecule has 6 aliphatic rings. The van der Waals surface area contributed by atoms with Gasteiger partial charge >= 0.3 is 0 Å². The third-order valence-corrected chi connectivity index (χ3v) is 19.0. The highest BCUT2D eigenvalue weighted by Gasteiger charge is 2.55. The van der Waals surface area contributed by atoms with Gasteiger partial charge in [0.15, 0.2) is 46.3 Å². The van der Waals surface area contributed by atoms with Crippen molar-refractivity contribution in [3.63, 3.8) is 0 Å². The molecule has 0 amide bonds. The van der Waals surface area contributed by atoms with E-state index in [0.29, 0.717) is 93.6 Å². The van der Waals surface area contributed by atoms with Gasteiger partial charge in [0.1, 0.15) is 45.8 Å². The molecule has 6 heterocycles. The number of nitrogens with zero attached hydrogens (tertiary/aromatic N) is 6. The third-order valence-electron chi connectivity index (χ3n) is 19.0. The molecule has 0 N–H and O–H groups in total. The van der Waals surface area contributed by atoms with E-state index < -0.39 is 22.5 Å². The van der Waals surface area contributed by atoms with Crippen LogP contribution in [0.5, 0.6) is 34.5 Å². The van der Waals surface area contributed by atoms with Gasteiger partial charge < -0.3 is 38.2 Å². The number of ketones is 4. The predicted molar refractivity (Wildman–Crippen MR) is 342 cm³/mol. The molecule has 0 atom stereocenters. The van der Waals surface area contributed by atoms with Crippen LogP contribution in [0.25, 0.3) is 21.8 Å². The molecule has 0 spiro atoms. The Kier molecular flexibility index (Phi) is 18.3. The van der Waals surface area contributed by atoms with Crippen LogP contribution in [0.3, 0.4) is 0 Å². The van der Waals surface area contributed by atoms with Crippen molar-refractivity contribution in [2.24, 2.45) is 16.7 Å². The van der Waals surface area contributed by atoms with E-state index >= 15 is 8.78 Å². The number of hydrogen-bond acceptors (Lipinski definition) is 16. The van der Waals surface area contributed by atoms with Crippen molar-refractivity contribution in [3.05, 3.63) is 179 Å². The van der Waals surface area contributed by atoms with Crippen LogP contribution >= 0.6 is 0 Å². The summed E-state index contributed by atoms with van der Waals surface area (Å²) in [7, 11) is 3.27. The summed E-state index contributed by atoms with van der Waals surface area (Å²) in [5, 5.41) is 1.41. The normalized spacial score (nSPS) is 17.8. The number of pyridine rings is 2. The van der Waals surface area contributed by atoms with Crippen LogP contribution < -0.4 is 28.7 Å². The van der Waals surface area contributed by atoms with Crippen molar-refractivity contribution in [2.45, 2.75) is 57.4 Å². The fraction of sp³-hybridized carbons (Fsp3) is 0.370. The van der Waals surface area contributed by atoms with Gasteiger partial charge in [-0.1, -0.05) is 36.4 Å². The summed E-state index contributed by atoms with van der Waals surface area (Å²) < 4.78 is 91.9. The Morgan fingerprint density at radius 3 is 1.47 bits per heavy atom. The summed E-state index contributed by atoms with van der Waals surface area (Å²) in [6, 6.07) is 31.8. The molecule has 0 bridgehead atoms. The number of rotatable bonds is 23. The van der Waals surface area contributed by atoms with Gasteiger partial charge in [-0.3, -0.25) is 38.9 Å². The number of hydrogen-bond donors (Lipinski definition) is 0. The number of carbonyl (C=O) groups excluding carboxylic acids is 4. The maximum absolute atomic E-state index is 15.4. The molecule has 2 saturated carbocycles. The molecule has 14 rings (SSSR count). The zero-order valence-electron chi connectivity index (χ0n) is 52.0. The van der Waals surface area contributed by atoms with Crippen molar-refractivity contribution in [3.8, 4) is 34.5 Å². The number of Topliss-reactive ketones (excluding diaryl/α,β-unsaturated/α-hetero) is 4. The molecule has 2 aromatic heterocycles. The smallest absolute Gasteiger partial charge is 0.166 e. The number of ether oxygens (including phenoxy) is 6. The summed E-state index contributed by atoms with van der Waals surface area (Å²) in [5.74, 6) is 0.0579. The second kappa shape index (κ2) is 27.0. The Morgan fingerprint density at radius 2 is 0.968 bits per heavy atom. The lowest BCUT2D eigenvalue weighted by atomic mass is 9.88. The fourth-order valence-corrected chi connectivity index (χ4v) is 13.2. The van der Waals surface area contributed by atoms with Gasteiger partial charge in [-0.15, -0.1) is 0 Å². The third kappa shape index (κ3) is 13.7. The second-order valence-corrected chi connectivity index (χ2v) is 25.1. The molecule has 6 aromatic carbocycles. The van der Waals surface area contributed by atoms with Crippen molar-refractivity contribution in [2.75, 3.05) is 109 Å². The molecule has 4 aliphatic heterocycles. The molecule has 93 heavy (non-hydrogen) atoms. The lowest BCUT2D eigenvalue weighted by Crippen LogP contribution is -2.61. The largest absolute Gasteiger partial charge is 0.495 e. The lowest BCUT2D eigenvalue weighted by molar-refractivity contribution is -0.135. The zero-order chi connectivity index (χ0) is 64.4. The summed E-state index contributed by atoms with van der Waals surface area (Å²) in [6.07, 6.45) is 5.18. The molecule has 6 fully saturated rings. The first-order valence-electron chi connectivity index (χ1n) is 31.7. The van der Waals surface area contributed by atoms with Crippen LogP contribution in [-0.4, -0.2) is 148 Å². The van der Waals surface area contributed by atoms with Gasteiger partial charge in [-0.2, -0.15) is 0 Å². The summed E-state index contributed by atoms with van der Waals surface area (Å²) in [5.41, 5.74) is 3.42. The minimum Gasteiger partial charge on any atom is -0.495 e. The van der Waals surface area contributed by atoms with Crippen molar-refractivity contribution in [1.82, 2.24) is 19.8 Å². The summed E-state index contributed by atoms with van der Waals surface area (Å²) >= 11 is 0. The highest BCUT2D eigenvalue weighted by atomic mass is 19.1. The van der Waals surface area contributed by atoms with Crippen molar-refractivity contribution >= 4 is 56.3 Å². The van der Waals surface area contributed by atoms with Gasteiger partial charge in [-0.05, 0) is 133 Å². The molecule has 16 nitrogen and oxygen atoms in total. The first-order chi connectivity index (χ1) is 45.1. The maximum atomic E-state index is 15.4. The Labute approximate surface area is 536 Å². The first-order valence-corrected chi connectivity index (χ1v) is 31.7. The highest BCUT2D eigenvalue weighted by molar-refractivity contribution is 6.12. The average molecular weight is 1270 g/mol. The number of benzene rings is 6. The molecule has 0 unspecified atom stereocenters. The van der Waals surface area contributed by atoms with E-state index in [0.717, 1.165) is 108 Å². The van der Waals surface area contributed by atoms with Crippen LogP contribution in [0.2, 0.25) is 0 Å². The van der Waals surface area contributed by atoms with Gasteiger partial charge in [0, 0.05) is 120 Å². The lowest BCUT2D eigenvalue weighted by Gasteiger charge is -2.48. The van der Waals surface area contributed by atoms with E-state index in [9.17, 15) is 28.0 Å². The highest BCUT2D eigenvalue weighted by Crippen LogP contribution is 2.51. The number of carbonyl (C=O) groups is 4. The minimum atomic E-state index is -1.05. The number of anilines is 2. The SMILES string of the molecule is COc1cc2c(Oc3ccc(CC(=O)C4(C(=O)Cc5ccc(F)cc5)CC4)cc3F)ccnc2cc1N1CC(N2CCOCC2)C1.COc1ccc2c(Oc3ccc(CC(=O)C4(C(=O)Cc5ccc(F)cc5)CC4)cc3F)ccnc2c1N1CC(CN2CCOCC2)C1. The number of fused-ring (bicyclic) bond motifs is 2. The summed E-state index contributed by atoms with van der Waals surface area (Å²) in [6.45, 7) is 11.5. The van der Waals surface area contributed by atoms with Gasteiger partial charge in [0.05, 0.1) is 62.7 Å². The first kappa shape index (κ1) is 63.0. The van der Waals surface area contributed by atoms with E-state index in [1.54, 1.807) is 75.1 Å². The maximum Gasteiger partial charge on any atom is 0.166 e. The van der Waals surface area contributed by atoms with E-state index in [2.05, 4.69) is 29.6 Å². The van der Waals surface area contributed by atoms with Crippen LogP contribution in [0, 0.1) is 40.0 Å². The average Bonchev–Trinajstić information content (AvgIpc) is 1.27. The molecular weight excluding hydrogens is 1200 g/mol. The summed E-state index contributed by atoms with van der Waals surface area (Å²) in [4.78, 5) is 71.2. The number of morpholine rings is 2. The Morgan fingerprint density at radius 1 is 0.495 bits per heavy atom. The zero-order valence-corrected chi connectivity index (χ0v) is 52.0. The predicted octanol–water partition coefficient (Wildman–Crippen LogP) is 11.3. The van der Waals surface area contributed by atoms with Crippen LogP contribution in [0.1, 0.15) is 47.9 Å². The number of methoxy groups -OCH3 is 2. The minimum absolute atomic E-state index is 0.0105. The van der Waals surface area contributed by atoms with Gasteiger partial charge in [-0.25, -0.2) is 17.6 Å². The van der Waals surface area contributed by atoms with E-state index in [1.807, 2.05) is 24.3 Å². The fourth-order valence-electron chi connectivity index (χ4n) is 13.2. The molecule has 4 saturated heterocycles. The molecular formula is C73H72F4N6O10. The van der Waals surface area contributed by atoms with Crippen LogP contribution in [0.15, 0.2) is 134 Å². The van der Waals surface area contributed by atoms with Crippen LogP contribution in [-0.2, 0) is 54.3 Å². The van der Waals surface area contributed by atoms with Crippen LogP contribution in [0.4, 0.5) is 28.9 Å². The Balaban J connectivity index is 0.000000169. The topological polar surface area (TPSA) is 162 Å². The van der Waals surface area contributed by atoms with Crippen molar-refractivity contribution < 1.29 is 65.2 Å². The van der Waals surface area contributed by atoms with E-state index in [4.69, 9.17) is 28.4 Å². The van der Waals surface area contributed by atoms with E-state index in [-0.39, 0.29) is 71.9 Å². The van der Waals surface area contributed by atoms with Gasteiger partial charge in [0.25, 0.3) is 0 Å². The van der Waals surface area contributed by atoms with Gasteiger partial charge in [0.2, 0.25) is 0 Å². The molecule has 2 aliphatic carbocycles. The Hall–Kier alpha value is -8.82. The quantitative estimate of drug-likeness (QED) is 0.0439. The molecule has 0 radical (unpaired) electrons. The molecule has 20 heteroatoms. The monoisotopic (exact) mass is 1270 g/mol.